The highest BCUT2D eigenvalue weighted by atomic mass is 16.3. The molecule has 0 bridgehead atoms. The topological polar surface area (TPSA) is 80.3 Å². The van der Waals surface area contributed by atoms with Gasteiger partial charge < -0.3 is 14.7 Å². The maximum atomic E-state index is 8.24. The second kappa shape index (κ2) is 17.5. The third kappa shape index (κ3) is 7.22. The highest BCUT2D eigenvalue weighted by molar-refractivity contribution is 6.69. The molecule has 3 N–H and O–H groups in total. The number of fused-ring (bicyclic) bond motifs is 6. The zero-order valence-corrected chi connectivity index (χ0v) is 38.5. The van der Waals surface area contributed by atoms with Crippen LogP contribution in [0.4, 0.5) is 0 Å². The highest BCUT2D eigenvalue weighted by Gasteiger charge is 2.26. The van der Waals surface area contributed by atoms with Crippen molar-refractivity contribution >= 4 is 205 Å². The number of nitrogens with zero attached hydrogens (tertiary/aromatic N) is 2. The fraction of sp³-hybridized carbons (Fsp3) is 0.0357. The van der Waals surface area contributed by atoms with Crippen LogP contribution < -0.4 is 60.4 Å². The van der Waals surface area contributed by atoms with Gasteiger partial charge in [0.25, 0.3) is 0 Å². The van der Waals surface area contributed by atoms with Gasteiger partial charge in [0.05, 0.1) is 11.0 Å². The molecule has 0 amide bonds. The average molecular weight is 883 g/mol. The van der Waals surface area contributed by atoms with Crippen molar-refractivity contribution in [3.05, 3.63) is 156 Å². The van der Waals surface area contributed by atoms with Gasteiger partial charge in [-0.1, -0.05) is 138 Å². The Balaban J connectivity index is 0.000000170. The zero-order chi connectivity index (χ0) is 49.7. The Morgan fingerprint density at radius 3 is 1.76 bits per heavy atom. The van der Waals surface area contributed by atoms with Crippen LogP contribution in [0.3, 0.4) is 0 Å². The maximum absolute atomic E-state index is 8.24. The molecule has 1 unspecified atom stereocenters. The molecule has 0 fully saturated rings. The minimum absolute atomic E-state index is 0.0510. The molecule has 20 radical (unpaired) electrons. The first-order valence-corrected chi connectivity index (χ1v) is 22.7. The van der Waals surface area contributed by atoms with Gasteiger partial charge in [0.1, 0.15) is 95.6 Å². The molecule has 1 aliphatic carbocycles. The van der Waals surface area contributed by atoms with Gasteiger partial charge in [-0.3, -0.25) is 5.41 Å². The van der Waals surface area contributed by atoms with Crippen molar-refractivity contribution in [1.29, 1.82) is 5.41 Å². The minimum atomic E-state index is -0.0643. The van der Waals surface area contributed by atoms with E-state index in [1.807, 2.05) is 42.5 Å². The third-order valence-electron chi connectivity index (χ3n) is 13.8. The summed E-state index contributed by atoms with van der Waals surface area (Å²) >= 11 is 0. The Labute approximate surface area is 424 Å². The Morgan fingerprint density at radius 2 is 1.08 bits per heavy atom. The second-order valence-corrected chi connectivity index (χ2v) is 17.9. The molecule has 310 valence electrons. The number of rotatable bonds is 5. The number of hydrogen-bond donors (Lipinski definition) is 2. The van der Waals surface area contributed by atoms with Crippen molar-refractivity contribution in [2.24, 2.45) is 10.7 Å². The number of allylic oxidation sites excluding steroid dienone is 1. The zero-order valence-electron chi connectivity index (χ0n) is 38.5. The van der Waals surface area contributed by atoms with Crippen LogP contribution >= 0.6 is 0 Å². The minimum Gasteiger partial charge on any atom is -0.456 e. The van der Waals surface area contributed by atoms with Gasteiger partial charge in [-0.25, -0.2) is 4.99 Å². The number of aromatic nitrogens is 1. The van der Waals surface area contributed by atoms with Gasteiger partial charge in [0.2, 0.25) is 0 Å². The first kappa shape index (κ1) is 46.0. The van der Waals surface area contributed by atoms with Crippen molar-refractivity contribution in [1.82, 2.24) is 4.57 Å². The number of aliphatic imine (C=N–C) groups is 1. The number of nitrogens with one attached hydrogen (secondary N) is 1. The second-order valence-electron chi connectivity index (χ2n) is 17.9. The van der Waals surface area contributed by atoms with Crippen LogP contribution in [0.1, 0.15) is 35.3 Å². The van der Waals surface area contributed by atoms with Gasteiger partial charge in [-0.2, -0.15) is 0 Å². The van der Waals surface area contributed by atoms with E-state index in [4.69, 9.17) is 94.0 Å². The Bertz CT molecular complexity index is 4050. The van der Waals surface area contributed by atoms with Crippen LogP contribution in [-0.2, 0) is 0 Å². The summed E-state index contributed by atoms with van der Waals surface area (Å²) in [7, 11) is 61.6. The number of nitrogens with two attached hydrogens (primary N) is 1. The SMILES string of the molecule is [B]c1c([B])c([B])c(-n2c3cccc4c5ccccc5c5c(-c6ccc7oc8c(c7c6)C(C)C=C8)ccc2c5c43)c([B])c1[B].[B]c1c([B])c([B])c(C(N)=NC(=N)c2ccc(-c3ccccc3)cc2)c([B])c1[B]. The smallest absolute Gasteiger partial charge is 0.154 e. The molecule has 0 saturated carbocycles. The molecule has 11 aromatic rings. The number of hydrogen-bond acceptors (Lipinski definition) is 2. The molecule has 2 aromatic heterocycles. The lowest BCUT2D eigenvalue weighted by Crippen LogP contribution is -2.57. The largest absolute Gasteiger partial charge is 0.456 e. The van der Waals surface area contributed by atoms with Crippen molar-refractivity contribution in [3.63, 3.8) is 0 Å². The standard InChI is InChI=1S/C36H18B5NO.C20H12B5N3/c1-16-9-13-26-27(16)22-15-17(10-14-25(22)43-26)18-11-12-24-30-28(18)20-6-3-2-5-19(20)21-7-4-8-23(29(21)30)42(24)36-34(40)32(38)31(37)33(39)35(36)41;21-14-13(15(22)17(24)18(25)16(14)23)20(27)28-19(26)12-8-6-11(7-9-12)10-4-2-1-3-5-10/h2-16H,1H3;1-9H,(H3,26,27,28). The molecule has 1 atom stereocenters. The van der Waals surface area contributed by atoms with E-state index in [0.29, 0.717) is 28.1 Å². The van der Waals surface area contributed by atoms with Crippen LogP contribution in [0.2, 0.25) is 0 Å². The van der Waals surface area contributed by atoms with Crippen LogP contribution in [0.25, 0.3) is 88.3 Å². The summed E-state index contributed by atoms with van der Waals surface area (Å²) in [5, 5.41) is 16.3. The van der Waals surface area contributed by atoms with Crippen molar-refractivity contribution in [2.45, 2.75) is 12.8 Å². The first-order chi connectivity index (χ1) is 34.2. The van der Waals surface area contributed by atoms with E-state index < -0.39 is 0 Å². The van der Waals surface area contributed by atoms with E-state index in [1.165, 1.54) is 16.3 Å². The quantitative estimate of drug-likeness (QED) is 0.120. The van der Waals surface area contributed by atoms with E-state index in [1.54, 1.807) is 12.1 Å². The predicted octanol–water partition coefficient (Wildman–Crippen LogP) is 2.09. The summed E-state index contributed by atoms with van der Waals surface area (Å²) in [5.41, 5.74) is 17.5. The van der Waals surface area contributed by atoms with E-state index in [-0.39, 0.29) is 60.9 Å². The maximum Gasteiger partial charge on any atom is 0.154 e. The molecule has 9 aromatic carbocycles. The summed E-state index contributed by atoms with van der Waals surface area (Å²) < 4.78 is 8.27. The molecular weight excluding hydrogens is 853 g/mol. The normalized spacial score (nSPS) is 13.4. The van der Waals surface area contributed by atoms with Gasteiger partial charge in [-0.15, -0.1) is 32.8 Å². The number of benzene rings is 9. The van der Waals surface area contributed by atoms with Crippen molar-refractivity contribution in [3.8, 4) is 27.9 Å². The summed E-state index contributed by atoms with van der Waals surface area (Å²) in [6.45, 7) is 2.21. The van der Waals surface area contributed by atoms with E-state index in [2.05, 4.69) is 101 Å². The highest BCUT2D eigenvalue weighted by Crippen LogP contribution is 2.47. The molecular formula is C56H30B10N4O. The number of amidine groups is 2. The number of furan rings is 1. The Morgan fingerprint density at radius 1 is 0.535 bits per heavy atom. The molecule has 0 aliphatic heterocycles. The van der Waals surface area contributed by atoms with Crippen LogP contribution in [-0.4, -0.2) is 94.7 Å². The van der Waals surface area contributed by atoms with E-state index >= 15 is 0 Å². The lowest BCUT2D eigenvalue weighted by atomic mass is 9.60. The van der Waals surface area contributed by atoms with Gasteiger partial charge in [0, 0.05) is 49.8 Å². The van der Waals surface area contributed by atoms with Crippen LogP contribution in [0.15, 0.2) is 143 Å². The average Bonchev–Trinajstić information content (AvgIpc) is 4.06. The Hall–Kier alpha value is -7.37. The lowest BCUT2D eigenvalue weighted by molar-refractivity contribution is 0.601. The predicted molar refractivity (Wildman–Crippen MR) is 309 cm³/mol. The molecule has 2 heterocycles. The summed E-state index contributed by atoms with van der Waals surface area (Å²) in [5.74, 6) is 1.14. The van der Waals surface area contributed by atoms with E-state index in [0.717, 1.165) is 71.6 Å². The molecule has 5 nitrogen and oxygen atoms in total. The van der Waals surface area contributed by atoms with Crippen molar-refractivity contribution < 1.29 is 4.42 Å². The summed E-state index contributed by atoms with van der Waals surface area (Å²) in [6, 6.07) is 43.1. The van der Waals surface area contributed by atoms with Crippen LogP contribution in [0.5, 0.6) is 0 Å². The molecule has 71 heavy (non-hydrogen) atoms. The Kier molecular flexibility index (Phi) is 11.3. The molecule has 0 saturated heterocycles. The fourth-order valence-electron chi connectivity index (χ4n) is 10.2. The summed E-state index contributed by atoms with van der Waals surface area (Å²) in [4.78, 5) is 4.12. The molecule has 1 aliphatic rings. The molecule has 0 spiro atoms. The molecule has 15 heteroatoms. The lowest BCUT2D eigenvalue weighted by Gasteiger charge is -2.23. The van der Waals surface area contributed by atoms with E-state index in [9.17, 15) is 0 Å². The molecule has 12 rings (SSSR count). The van der Waals surface area contributed by atoms with Gasteiger partial charge in [-0.05, 0) is 68.8 Å². The summed E-state index contributed by atoms with van der Waals surface area (Å²) in [6.07, 6.45) is 4.27. The fourth-order valence-corrected chi connectivity index (χ4v) is 10.2. The monoisotopic (exact) mass is 884 g/mol. The van der Waals surface area contributed by atoms with Gasteiger partial charge in [0.15, 0.2) is 5.84 Å². The van der Waals surface area contributed by atoms with Gasteiger partial charge >= 0.3 is 0 Å². The third-order valence-corrected chi connectivity index (χ3v) is 13.8. The van der Waals surface area contributed by atoms with Crippen molar-refractivity contribution in [2.75, 3.05) is 0 Å². The van der Waals surface area contributed by atoms with Crippen LogP contribution in [0, 0.1) is 5.41 Å². The first-order valence-electron chi connectivity index (χ1n) is 22.7.